The third kappa shape index (κ3) is 2.32. The van der Waals surface area contributed by atoms with Crippen molar-refractivity contribution >= 4 is 17.5 Å². The van der Waals surface area contributed by atoms with E-state index in [0.29, 0.717) is 0 Å². The molecule has 20 heavy (non-hydrogen) atoms. The number of nitrogens with two attached hydrogens (primary N) is 1. The maximum absolute atomic E-state index is 11.5. The second kappa shape index (κ2) is 5.24. The smallest absolute Gasteiger partial charge is 0.360 e. The normalized spacial score (nSPS) is 10.4. The molecule has 0 fully saturated rings. The molecule has 0 saturated heterocycles. The zero-order chi connectivity index (χ0) is 14.9. The van der Waals surface area contributed by atoms with Crippen molar-refractivity contribution in [3.8, 4) is 5.69 Å². The van der Waals surface area contributed by atoms with Gasteiger partial charge in [0.2, 0.25) is 0 Å². The summed E-state index contributed by atoms with van der Waals surface area (Å²) < 4.78 is 6.31. The number of esters is 1. The van der Waals surface area contributed by atoms with Gasteiger partial charge in [0, 0.05) is 19.8 Å². The number of nitrogen functional groups attached to an aromatic ring is 1. The number of aryl methyl sites for hydroxylation is 1. The van der Waals surface area contributed by atoms with E-state index in [9.17, 15) is 4.79 Å². The molecule has 1 aromatic heterocycles. The predicted octanol–water partition coefficient (Wildman–Crippen LogP) is 1.62. The first-order chi connectivity index (χ1) is 9.45. The number of methoxy groups -OCH3 is 1. The summed E-state index contributed by atoms with van der Waals surface area (Å²) in [4.78, 5) is 17.6. The van der Waals surface area contributed by atoms with Crippen molar-refractivity contribution in [3.63, 3.8) is 0 Å². The van der Waals surface area contributed by atoms with E-state index in [4.69, 9.17) is 5.73 Å². The highest BCUT2D eigenvalue weighted by molar-refractivity contribution is 5.92. The lowest BCUT2D eigenvalue weighted by molar-refractivity contribution is 0.0596. The van der Waals surface area contributed by atoms with Crippen LogP contribution in [0.5, 0.6) is 0 Å². The first kappa shape index (κ1) is 13.9. The maximum atomic E-state index is 11.5. The van der Waals surface area contributed by atoms with Crippen molar-refractivity contribution in [2.45, 2.75) is 6.92 Å². The molecule has 0 amide bonds. The van der Waals surface area contributed by atoms with E-state index >= 15 is 0 Å². The van der Waals surface area contributed by atoms with Gasteiger partial charge in [-0.05, 0) is 24.6 Å². The molecular formula is C14H18N4O2. The Hall–Kier alpha value is -2.50. The van der Waals surface area contributed by atoms with Crippen LogP contribution in [-0.2, 0) is 4.74 Å². The van der Waals surface area contributed by atoms with Crippen LogP contribution in [0.15, 0.2) is 24.5 Å². The van der Waals surface area contributed by atoms with Gasteiger partial charge in [-0.1, -0.05) is 6.07 Å². The molecule has 2 N–H and O–H groups in total. The predicted molar refractivity (Wildman–Crippen MR) is 78.4 cm³/mol. The lowest BCUT2D eigenvalue weighted by Gasteiger charge is -2.17. The number of hydrogen-bond acceptors (Lipinski definition) is 5. The number of ether oxygens (including phenoxy) is 1. The monoisotopic (exact) mass is 274 g/mol. The number of hydrogen-bond donors (Lipinski definition) is 1. The average Bonchev–Trinajstić information content (AvgIpc) is 2.80. The fourth-order valence-electron chi connectivity index (χ4n) is 2.05. The molecule has 0 spiro atoms. The molecule has 0 saturated carbocycles. The molecule has 1 heterocycles. The Morgan fingerprint density at radius 1 is 1.40 bits per heavy atom. The second-order valence-electron chi connectivity index (χ2n) is 4.71. The summed E-state index contributed by atoms with van der Waals surface area (Å²) >= 11 is 0. The van der Waals surface area contributed by atoms with Crippen LogP contribution in [0.3, 0.4) is 0 Å². The Morgan fingerprint density at radius 3 is 2.70 bits per heavy atom. The summed E-state index contributed by atoms with van der Waals surface area (Å²) in [6.07, 6.45) is 1.52. The average molecular weight is 274 g/mol. The Bertz CT molecular complexity index is 647. The number of aromatic nitrogens is 2. The van der Waals surface area contributed by atoms with E-state index in [2.05, 4.69) is 9.72 Å². The molecule has 0 aliphatic rings. The molecule has 2 rings (SSSR count). The first-order valence-electron chi connectivity index (χ1n) is 6.15. The van der Waals surface area contributed by atoms with Gasteiger partial charge in [0.1, 0.15) is 12.1 Å². The van der Waals surface area contributed by atoms with Crippen molar-refractivity contribution in [2.24, 2.45) is 0 Å². The fourth-order valence-corrected chi connectivity index (χ4v) is 2.05. The SMILES string of the molecule is COC(=O)c1ncn(-c2ccc(C)c(N(C)C)c2)c1N. The topological polar surface area (TPSA) is 73.4 Å². The highest BCUT2D eigenvalue weighted by Gasteiger charge is 2.17. The number of anilines is 2. The van der Waals surface area contributed by atoms with Gasteiger partial charge in [0.15, 0.2) is 5.69 Å². The molecule has 0 bridgehead atoms. The van der Waals surface area contributed by atoms with Crippen LogP contribution >= 0.6 is 0 Å². The van der Waals surface area contributed by atoms with E-state index in [1.165, 1.54) is 13.4 Å². The maximum Gasteiger partial charge on any atom is 0.360 e. The molecule has 106 valence electrons. The summed E-state index contributed by atoms with van der Waals surface area (Å²) in [5.41, 5.74) is 9.17. The number of rotatable bonds is 3. The van der Waals surface area contributed by atoms with Crippen molar-refractivity contribution in [1.82, 2.24) is 9.55 Å². The molecule has 0 aliphatic carbocycles. The highest BCUT2D eigenvalue weighted by atomic mass is 16.5. The third-order valence-corrected chi connectivity index (χ3v) is 3.14. The van der Waals surface area contributed by atoms with Crippen molar-refractivity contribution in [3.05, 3.63) is 35.8 Å². The molecule has 6 nitrogen and oxygen atoms in total. The minimum Gasteiger partial charge on any atom is -0.464 e. The lowest BCUT2D eigenvalue weighted by atomic mass is 10.1. The standard InChI is InChI=1S/C14H18N4O2/c1-9-5-6-10(7-11(9)17(2)3)18-8-16-12(13(18)15)14(19)20-4/h5-8H,15H2,1-4H3. The van der Waals surface area contributed by atoms with E-state index in [0.717, 1.165) is 16.9 Å². The van der Waals surface area contributed by atoms with Gasteiger partial charge in [0.25, 0.3) is 0 Å². The number of carbonyl (C=O) groups excluding carboxylic acids is 1. The van der Waals surface area contributed by atoms with Crippen LogP contribution in [0, 0.1) is 6.92 Å². The Kier molecular flexibility index (Phi) is 3.65. The van der Waals surface area contributed by atoms with Gasteiger partial charge in [-0.15, -0.1) is 0 Å². The zero-order valence-electron chi connectivity index (χ0n) is 12.0. The van der Waals surface area contributed by atoms with Crippen molar-refractivity contribution in [2.75, 3.05) is 31.8 Å². The molecule has 1 aromatic carbocycles. The Labute approximate surface area is 117 Å². The van der Waals surface area contributed by atoms with Gasteiger partial charge in [-0.2, -0.15) is 0 Å². The second-order valence-corrected chi connectivity index (χ2v) is 4.71. The molecule has 0 radical (unpaired) electrons. The summed E-state index contributed by atoms with van der Waals surface area (Å²) in [6.45, 7) is 2.04. The van der Waals surface area contributed by atoms with Gasteiger partial charge in [-0.3, -0.25) is 4.57 Å². The first-order valence-corrected chi connectivity index (χ1v) is 6.15. The largest absolute Gasteiger partial charge is 0.464 e. The van der Waals surface area contributed by atoms with Crippen LogP contribution in [-0.4, -0.2) is 36.7 Å². The van der Waals surface area contributed by atoms with Crippen molar-refractivity contribution < 1.29 is 9.53 Å². The van der Waals surface area contributed by atoms with E-state index < -0.39 is 5.97 Å². The van der Waals surface area contributed by atoms with E-state index in [1.807, 2.05) is 44.1 Å². The molecule has 6 heteroatoms. The summed E-state index contributed by atoms with van der Waals surface area (Å²) in [7, 11) is 5.25. The molecule has 0 unspecified atom stereocenters. The lowest BCUT2D eigenvalue weighted by Crippen LogP contribution is -2.11. The van der Waals surface area contributed by atoms with E-state index in [1.54, 1.807) is 4.57 Å². The zero-order valence-corrected chi connectivity index (χ0v) is 12.0. The van der Waals surface area contributed by atoms with Crippen LogP contribution in [0.4, 0.5) is 11.5 Å². The van der Waals surface area contributed by atoms with Gasteiger partial charge in [0.05, 0.1) is 12.8 Å². The Morgan fingerprint density at radius 2 is 2.10 bits per heavy atom. The van der Waals surface area contributed by atoms with E-state index in [-0.39, 0.29) is 11.5 Å². The third-order valence-electron chi connectivity index (χ3n) is 3.14. The van der Waals surface area contributed by atoms with Crippen molar-refractivity contribution in [1.29, 1.82) is 0 Å². The van der Waals surface area contributed by atoms with Crippen LogP contribution in [0.25, 0.3) is 5.69 Å². The molecular weight excluding hydrogens is 256 g/mol. The Balaban J connectivity index is 2.50. The number of benzene rings is 1. The minimum absolute atomic E-state index is 0.125. The summed E-state index contributed by atoms with van der Waals surface area (Å²) in [5.74, 6) is -0.272. The highest BCUT2D eigenvalue weighted by Crippen LogP contribution is 2.24. The minimum atomic E-state index is -0.541. The molecule has 0 aliphatic heterocycles. The van der Waals surface area contributed by atoms with Gasteiger partial charge in [-0.25, -0.2) is 9.78 Å². The molecule has 0 atom stereocenters. The van der Waals surface area contributed by atoms with Crippen LogP contribution < -0.4 is 10.6 Å². The van der Waals surface area contributed by atoms with Gasteiger partial charge < -0.3 is 15.4 Å². The van der Waals surface area contributed by atoms with Crippen LogP contribution in [0.2, 0.25) is 0 Å². The number of imidazole rings is 1. The fraction of sp³-hybridized carbons (Fsp3) is 0.286. The molecule has 2 aromatic rings. The number of carbonyl (C=O) groups is 1. The summed E-state index contributed by atoms with van der Waals surface area (Å²) in [5, 5.41) is 0. The number of nitrogens with zero attached hydrogens (tertiary/aromatic N) is 3. The van der Waals surface area contributed by atoms with Gasteiger partial charge >= 0.3 is 5.97 Å². The quantitative estimate of drug-likeness (QED) is 0.861. The summed E-state index contributed by atoms with van der Waals surface area (Å²) in [6, 6.07) is 5.93. The van der Waals surface area contributed by atoms with Crippen LogP contribution in [0.1, 0.15) is 16.1 Å².